The van der Waals surface area contributed by atoms with Crippen molar-refractivity contribution in [1.29, 1.82) is 0 Å². The highest BCUT2D eigenvalue weighted by Gasteiger charge is 2.23. The molecule has 3 aromatic rings. The molecule has 3 rings (SSSR count). The molecule has 1 amide bonds. The molecule has 0 saturated heterocycles. The van der Waals surface area contributed by atoms with E-state index < -0.39 is 0 Å². The highest BCUT2D eigenvalue weighted by atomic mass is 35.5. The average molecular weight is 414 g/mol. The van der Waals surface area contributed by atoms with Crippen LogP contribution in [0.3, 0.4) is 0 Å². The fraction of sp³-hybridized carbons (Fsp3) is 0.318. The number of carbonyl (C=O) groups excluding carboxylic acids is 1. The Morgan fingerprint density at radius 3 is 2.55 bits per heavy atom. The number of methoxy groups -OCH3 is 1. The fourth-order valence-corrected chi connectivity index (χ4v) is 3.44. The molecule has 0 aliphatic carbocycles. The van der Waals surface area contributed by atoms with Gasteiger partial charge in [0.2, 0.25) is 5.91 Å². The summed E-state index contributed by atoms with van der Waals surface area (Å²) in [5.41, 5.74) is 1.31. The fourth-order valence-electron chi connectivity index (χ4n) is 3.27. The third kappa shape index (κ3) is 4.27. The first-order valence-corrected chi connectivity index (χ1v) is 9.82. The van der Waals surface area contributed by atoms with Crippen LogP contribution in [-0.2, 0) is 17.8 Å². The molecule has 29 heavy (non-hydrogen) atoms. The van der Waals surface area contributed by atoms with Gasteiger partial charge in [0.15, 0.2) is 0 Å². The Morgan fingerprint density at radius 2 is 1.93 bits per heavy atom. The summed E-state index contributed by atoms with van der Waals surface area (Å²) >= 11 is 6.04. The van der Waals surface area contributed by atoms with Gasteiger partial charge in [0.05, 0.1) is 30.5 Å². The number of likely N-dealkylation sites (N-methyl/N-ethyl adjacent to an activating group) is 1. The predicted octanol–water partition coefficient (Wildman–Crippen LogP) is 3.84. The van der Waals surface area contributed by atoms with Crippen molar-refractivity contribution < 1.29 is 9.53 Å². The first-order chi connectivity index (χ1) is 13.8. The van der Waals surface area contributed by atoms with Crippen LogP contribution in [0.2, 0.25) is 5.02 Å². The lowest BCUT2D eigenvalue weighted by molar-refractivity contribution is -0.131. The lowest BCUT2D eigenvalue weighted by Gasteiger charge is -2.27. The number of fused-ring (bicyclic) bond motifs is 1. The van der Waals surface area contributed by atoms with E-state index in [-0.39, 0.29) is 23.9 Å². The summed E-state index contributed by atoms with van der Waals surface area (Å²) in [4.78, 5) is 32.1. The second-order valence-corrected chi connectivity index (χ2v) is 7.32. The summed E-state index contributed by atoms with van der Waals surface area (Å²) in [6, 6.07) is 12.1. The molecule has 1 heterocycles. The van der Waals surface area contributed by atoms with E-state index in [1.165, 1.54) is 0 Å². The SMILES string of the molecule is CCn1c(C(C)N(C)C(=O)Cc2ccc(OC)cc2)nc2ccc(Cl)cc2c1=O. The minimum Gasteiger partial charge on any atom is -0.497 e. The monoisotopic (exact) mass is 413 g/mol. The smallest absolute Gasteiger partial charge is 0.261 e. The number of hydrogen-bond donors (Lipinski definition) is 0. The minimum absolute atomic E-state index is 0.0595. The van der Waals surface area contributed by atoms with E-state index in [1.54, 1.807) is 41.8 Å². The van der Waals surface area contributed by atoms with Crippen molar-refractivity contribution in [2.75, 3.05) is 14.2 Å². The van der Waals surface area contributed by atoms with Crippen LogP contribution in [-0.4, -0.2) is 34.5 Å². The number of ether oxygens (including phenoxy) is 1. The van der Waals surface area contributed by atoms with Crippen molar-refractivity contribution >= 4 is 28.4 Å². The number of carbonyl (C=O) groups is 1. The van der Waals surface area contributed by atoms with Crippen LogP contribution >= 0.6 is 11.6 Å². The molecule has 0 spiro atoms. The number of rotatable bonds is 6. The third-order valence-electron chi connectivity index (χ3n) is 5.12. The number of hydrogen-bond acceptors (Lipinski definition) is 4. The van der Waals surface area contributed by atoms with Gasteiger partial charge in [-0.2, -0.15) is 0 Å². The molecule has 6 nitrogen and oxygen atoms in total. The molecule has 0 bridgehead atoms. The Morgan fingerprint density at radius 1 is 1.24 bits per heavy atom. The Balaban J connectivity index is 1.90. The van der Waals surface area contributed by atoms with E-state index in [4.69, 9.17) is 16.3 Å². The highest BCUT2D eigenvalue weighted by Crippen LogP contribution is 2.22. The Bertz CT molecular complexity index is 1090. The summed E-state index contributed by atoms with van der Waals surface area (Å²) < 4.78 is 6.75. The standard InChI is InChI=1S/C22H24ClN3O3/c1-5-26-21(24-19-11-8-16(23)13-18(19)22(26)28)14(2)25(3)20(27)12-15-6-9-17(29-4)10-7-15/h6-11,13-14H,5,12H2,1-4H3. The van der Waals surface area contributed by atoms with Gasteiger partial charge in [-0.3, -0.25) is 14.2 Å². The molecule has 1 aromatic heterocycles. The van der Waals surface area contributed by atoms with Gasteiger partial charge in [-0.15, -0.1) is 0 Å². The maximum absolute atomic E-state index is 12.9. The van der Waals surface area contributed by atoms with Crippen LogP contribution < -0.4 is 10.3 Å². The van der Waals surface area contributed by atoms with E-state index in [0.29, 0.717) is 28.3 Å². The third-order valence-corrected chi connectivity index (χ3v) is 5.36. The maximum atomic E-state index is 12.9. The zero-order chi connectivity index (χ0) is 21.1. The molecule has 1 atom stereocenters. The van der Waals surface area contributed by atoms with Crippen LogP contribution in [0, 0.1) is 0 Å². The predicted molar refractivity (Wildman–Crippen MR) is 115 cm³/mol. The lowest BCUT2D eigenvalue weighted by atomic mass is 10.1. The molecular formula is C22H24ClN3O3. The number of aromatic nitrogens is 2. The topological polar surface area (TPSA) is 64.4 Å². The Labute approximate surface area is 174 Å². The zero-order valence-electron chi connectivity index (χ0n) is 17.0. The van der Waals surface area contributed by atoms with E-state index >= 15 is 0 Å². The molecule has 2 aromatic carbocycles. The zero-order valence-corrected chi connectivity index (χ0v) is 17.7. The molecular weight excluding hydrogens is 390 g/mol. The van der Waals surface area contributed by atoms with Crippen LogP contribution in [0.15, 0.2) is 47.3 Å². The Kier molecular flexibility index (Phi) is 6.23. The first-order valence-electron chi connectivity index (χ1n) is 9.44. The van der Waals surface area contributed by atoms with E-state index in [0.717, 1.165) is 11.3 Å². The number of halogens is 1. The number of amides is 1. The second kappa shape index (κ2) is 8.66. The van der Waals surface area contributed by atoms with Gasteiger partial charge in [-0.05, 0) is 49.7 Å². The summed E-state index contributed by atoms with van der Waals surface area (Å²) in [5.74, 6) is 1.24. The maximum Gasteiger partial charge on any atom is 0.261 e. The van der Waals surface area contributed by atoms with Crippen LogP contribution in [0.5, 0.6) is 5.75 Å². The van der Waals surface area contributed by atoms with Crippen molar-refractivity contribution in [2.24, 2.45) is 0 Å². The second-order valence-electron chi connectivity index (χ2n) is 6.89. The summed E-state index contributed by atoms with van der Waals surface area (Å²) in [6.45, 7) is 4.21. The molecule has 0 fully saturated rings. The van der Waals surface area contributed by atoms with Crippen molar-refractivity contribution in [3.8, 4) is 5.75 Å². The highest BCUT2D eigenvalue weighted by molar-refractivity contribution is 6.31. The molecule has 0 radical (unpaired) electrons. The molecule has 0 aliphatic heterocycles. The largest absolute Gasteiger partial charge is 0.497 e. The van der Waals surface area contributed by atoms with Crippen molar-refractivity contribution in [1.82, 2.24) is 14.5 Å². The van der Waals surface area contributed by atoms with Crippen LogP contribution in [0.25, 0.3) is 10.9 Å². The molecule has 7 heteroatoms. The quantitative estimate of drug-likeness (QED) is 0.615. The molecule has 152 valence electrons. The van der Waals surface area contributed by atoms with Crippen molar-refractivity contribution in [3.05, 3.63) is 69.2 Å². The number of benzene rings is 2. The number of nitrogens with zero attached hydrogens (tertiary/aromatic N) is 3. The molecule has 0 aliphatic rings. The first kappa shape index (κ1) is 20.9. The van der Waals surface area contributed by atoms with Gasteiger partial charge in [-0.25, -0.2) is 4.98 Å². The van der Waals surface area contributed by atoms with Gasteiger partial charge in [0, 0.05) is 18.6 Å². The van der Waals surface area contributed by atoms with Crippen LogP contribution in [0.1, 0.15) is 31.3 Å². The van der Waals surface area contributed by atoms with E-state index in [1.807, 2.05) is 38.1 Å². The van der Waals surface area contributed by atoms with Gasteiger partial charge >= 0.3 is 0 Å². The lowest BCUT2D eigenvalue weighted by Crippen LogP contribution is -2.35. The molecule has 0 N–H and O–H groups in total. The van der Waals surface area contributed by atoms with Gasteiger partial charge in [0.1, 0.15) is 11.6 Å². The van der Waals surface area contributed by atoms with Crippen LogP contribution in [0.4, 0.5) is 0 Å². The van der Waals surface area contributed by atoms with Crippen molar-refractivity contribution in [3.63, 3.8) is 0 Å². The summed E-state index contributed by atoms with van der Waals surface area (Å²) in [7, 11) is 3.34. The molecule has 0 saturated carbocycles. The minimum atomic E-state index is -0.367. The van der Waals surface area contributed by atoms with E-state index in [9.17, 15) is 9.59 Å². The molecule has 1 unspecified atom stereocenters. The van der Waals surface area contributed by atoms with E-state index in [2.05, 4.69) is 4.98 Å². The summed E-state index contributed by atoms with van der Waals surface area (Å²) in [5, 5.41) is 0.967. The average Bonchev–Trinajstić information content (AvgIpc) is 2.73. The van der Waals surface area contributed by atoms with Gasteiger partial charge in [0.25, 0.3) is 5.56 Å². The van der Waals surface area contributed by atoms with Crippen molar-refractivity contribution in [2.45, 2.75) is 32.9 Å². The van der Waals surface area contributed by atoms with Gasteiger partial charge in [-0.1, -0.05) is 23.7 Å². The normalized spacial score (nSPS) is 12.0. The Hall–Kier alpha value is -2.86. The van der Waals surface area contributed by atoms with Gasteiger partial charge < -0.3 is 9.64 Å². The summed E-state index contributed by atoms with van der Waals surface area (Å²) in [6.07, 6.45) is 0.254.